The van der Waals surface area contributed by atoms with Gasteiger partial charge in [0, 0.05) is 28.2 Å². The number of hydrogen-bond acceptors (Lipinski definition) is 2. The molecule has 4 nitrogen and oxygen atoms in total. The van der Waals surface area contributed by atoms with Crippen LogP contribution < -0.4 is 5.32 Å². The van der Waals surface area contributed by atoms with Gasteiger partial charge >= 0.3 is 0 Å². The van der Waals surface area contributed by atoms with E-state index >= 15 is 0 Å². The Kier molecular flexibility index (Phi) is 5.04. The first-order chi connectivity index (χ1) is 13.0. The summed E-state index contributed by atoms with van der Waals surface area (Å²) in [7, 11) is 0. The van der Waals surface area contributed by atoms with Crippen molar-refractivity contribution in [1.82, 2.24) is 4.90 Å². The summed E-state index contributed by atoms with van der Waals surface area (Å²) in [6.07, 6.45) is 2.92. The van der Waals surface area contributed by atoms with Crippen molar-refractivity contribution in [1.29, 1.82) is 0 Å². The molecule has 2 aromatic carbocycles. The van der Waals surface area contributed by atoms with E-state index in [9.17, 15) is 9.59 Å². The third kappa shape index (κ3) is 3.93. The molecule has 2 aromatic rings. The Morgan fingerprint density at radius 3 is 2.67 bits per heavy atom. The number of carbonyl (C=O) groups is 2. The molecular weight excluding hydrogens is 404 g/mol. The fraction of sp³-hybridized carbons (Fsp3) is 0.364. The second-order valence-corrected chi connectivity index (χ2v) is 8.52. The predicted octanol–water partition coefficient (Wildman–Crippen LogP) is 5.02. The van der Waals surface area contributed by atoms with Gasteiger partial charge in [-0.1, -0.05) is 41.1 Å². The molecule has 140 valence electrons. The molecule has 0 radical (unpaired) electrons. The van der Waals surface area contributed by atoms with Crippen molar-refractivity contribution in [3.8, 4) is 0 Å². The SMILES string of the molecule is CC1CC1C(=O)Nc1cccc(C(=O)N2CCCC2c2cccc(Br)c2)c1. The van der Waals surface area contributed by atoms with Crippen LogP contribution in [0.3, 0.4) is 0 Å². The number of carbonyl (C=O) groups excluding carboxylic acids is 2. The Morgan fingerprint density at radius 1 is 1.15 bits per heavy atom. The van der Waals surface area contributed by atoms with E-state index in [1.165, 1.54) is 0 Å². The smallest absolute Gasteiger partial charge is 0.254 e. The van der Waals surface area contributed by atoms with Gasteiger partial charge in [0.15, 0.2) is 0 Å². The number of anilines is 1. The lowest BCUT2D eigenvalue weighted by molar-refractivity contribution is -0.117. The number of nitrogens with zero attached hydrogens (tertiary/aromatic N) is 1. The highest BCUT2D eigenvalue weighted by Crippen LogP contribution is 2.38. The van der Waals surface area contributed by atoms with Crippen molar-refractivity contribution in [2.75, 3.05) is 11.9 Å². The molecule has 0 aromatic heterocycles. The molecular formula is C22H23BrN2O2. The van der Waals surface area contributed by atoms with Crippen LogP contribution in [0.25, 0.3) is 0 Å². The monoisotopic (exact) mass is 426 g/mol. The molecule has 3 atom stereocenters. The van der Waals surface area contributed by atoms with Gasteiger partial charge < -0.3 is 10.2 Å². The zero-order valence-electron chi connectivity index (χ0n) is 15.3. The van der Waals surface area contributed by atoms with Crippen LogP contribution in [0.2, 0.25) is 0 Å². The van der Waals surface area contributed by atoms with Crippen LogP contribution in [-0.4, -0.2) is 23.3 Å². The lowest BCUT2D eigenvalue weighted by Gasteiger charge is -2.25. The molecule has 27 heavy (non-hydrogen) atoms. The van der Waals surface area contributed by atoms with Crippen molar-refractivity contribution < 1.29 is 9.59 Å². The Balaban J connectivity index is 1.51. The van der Waals surface area contributed by atoms with Gasteiger partial charge in [-0.2, -0.15) is 0 Å². The van der Waals surface area contributed by atoms with Crippen molar-refractivity contribution in [2.24, 2.45) is 11.8 Å². The second kappa shape index (κ2) is 7.47. The van der Waals surface area contributed by atoms with Gasteiger partial charge in [-0.25, -0.2) is 0 Å². The van der Waals surface area contributed by atoms with Gasteiger partial charge in [0.25, 0.3) is 5.91 Å². The summed E-state index contributed by atoms with van der Waals surface area (Å²) in [5.41, 5.74) is 2.48. The number of benzene rings is 2. The molecule has 2 aliphatic rings. The first kappa shape index (κ1) is 18.2. The molecule has 5 heteroatoms. The maximum Gasteiger partial charge on any atom is 0.254 e. The summed E-state index contributed by atoms with van der Waals surface area (Å²) in [5, 5.41) is 2.95. The summed E-state index contributed by atoms with van der Waals surface area (Å²) in [6.45, 7) is 2.84. The van der Waals surface area contributed by atoms with Crippen molar-refractivity contribution in [3.05, 3.63) is 64.1 Å². The maximum absolute atomic E-state index is 13.2. The first-order valence-corrected chi connectivity index (χ1v) is 10.3. The van der Waals surface area contributed by atoms with Crippen LogP contribution in [0.1, 0.15) is 48.1 Å². The largest absolute Gasteiger partial charge is 0.332 e. The highest BCUT2D eigenvalue weighted by atomic mass is 79.9. The number of likely N-dealkylation sites (tertiary alicyclic amines) is 1. The standard InChI is InChI=1S/C22H23BrN2O2/c1-14-11-19(14)21(26)24-18-8-3-6-16(13-18)22(27)25-10-4-9-20(25)15-5-2-7-17(23)12-15/h2-3,5-8,12-14,19-20H,4,9-11H2,1H3,(H,24,26). The van der Waals surface area contributed by atoms with E-state index in [1.54, 1.807) is 6.07 Å². The average molecular weight is 427 g/mol. The zero-order chi connectivity index (χ0) is 19.0. The number of rotatable bonds is 4. The highest BCUT2D eigenvalue weighted by Gasteiger charge is 2.39. The van der Waals surface area contributed by atoms with Crippen LogP contribution in [0, 0.1) is 11.8 Å². The molecule has 1 N–H and O–H groups in total. The summed E-state index contributed by atoms with van der Waals surface area (Å²) in [5.74, 6) is 0.655. The lowest BCUT2D eigenvalue weighted by Crippen LogP contribution is -2.30. The van der Waals surface area contributed by atoms with E-state index in [0.29, 0.717) is 17.2 Å². The summed E-state index contributed by atoms with van der Waals surface area (Å²) >= 11 is 3.52. The topological polar surface area (TPSA) is 49.4 Å². The van der Waals surface area contributed by atoms with Crippen molar-refractivity contribution in [2.45, 2.75) is 32.2 Å². The quantitative estimate of drug-likeness (QED) is 0.745. The van der Waals surface area contributed by atoms with Crippen molar-refractivity contribution in [3.63, 3.8) is 0 Å². The molecule has 1 saturated carbocycles. The molecule has 1 aliphatic heterocycles. The van der Waals surface area contributed by atoms with Gasteiger partial charge in [-0.05, 0) is 61.1 Å². The summed E-state index contributed by atoms with van der Waals surface area (Å²) in [4.78, 5) is 27.3. The molecule has 2 fully saturated rings. The number of nitrogens with one attached hydrogen (secondary N) is 1. The van der Waals surface area contributed by atoms with Gasteiger partial charge in [-0.3, -0.25) is 9.59 Å². The van der Waals surface area contributed by atoms with Gasteiger partial charge in [0.2, 0.25) is 5.91 Å². The minimum Gasteiger partial charge on any atom is -0.332 e. The van der Waals surface area contributed by atoms with E-state index in [1.807, 2.05) is 35.2 Å². The van der Waals surface area contributed by atoms with Crippen LogP contribution in [-0.2, 0) is 4.79 Å². The molecule has 3 unspecified atom stereocenters. The number of amides is 2. The van der Waals surface area contributed by atoms with Gasteiger partial charge in [-0.15, -0.1) is 0 Å². The molecule has 1 aliphatic carbocycles. The van der Waals surface area contributed by atoms with E-state index < -0.39 is 0 Å². The van der Waals surface area contributed by atoms with Crippen molar-refractivity contribution >= 4 is 33.4 Å². The second-order valence-electron chi connectivity index (χ2n) is 7.60. The Bertz CT molecular complexity index is 882. The molecule has 1 saturated heterocycles. The summed E-state index contributed by atoms with van der Waals surface area (Å²) in [6, 6.07) is 15.6. The first-order valence-electron chi connectivity index (χ1n) is 9.50. The molecule has 2 amide bonds. The third-order valence-corrected chi connectivity index (χ3v) is 6.06. The number of halogens is 1. The van der Waals surface area contributed by atoms with Crippen LogP contribution in [0.15, 0.2) is 53.0 Å². The molecule has 0 bridgehead atoms. The minimum absolute atomic E-state index is 0.0216. The maximum atomic E-state index is 13.2. The van der Waals surface area contributed by atoms with E-state index in [0.717, 1.165) is 35.8 Å². The van der Waals surface area contributed by atoms with Gasteiger partial charge in [0.1, 0.15) is 0 Å². The van der Waals surface area contributed by atoms with E-state index in [2.05, 4.69) is 40.3 Å². The zero-order valence-corrected chi connectivity index (χ0v) is 16.9. The normalized spacial score (nSPS) is 23.9. The Morgan fingerprint density at radius 2 is 1.93 bits per heavy atom. The van der Waals surface area contributed by atoms with E-state index in [4.69, 9.17) is 0 Å². The number of hydrogen-bond donors (Lipinski definition) is 1. The van der Waals surface area contributed by atoms with Gasteiger partial charge in [0.05, 0.1) is 6.04 Å². The van der Waals surface area contributed by atoms with Crippen LogP contribution in [0.5, 0.6) is 0 Å². The van der Waals surface area contributed by atoms with Crippen LogP contribution >= 0.6 is 15.9 Å². The van der Waals surface area contributed by atoms with E-state index in [-0.39, 0.29) is 23.8 Å². The van der Waals surface area contributed by atoms with Crippen LogP contribution in [0.4, 0.5) is 5.69 Å². The molecule has 0 spiro atoms. The predicted molar refractivity (Wildman–Crippen MR) is 109 cm³/mol. The molecule has 4 rings (SSSR count). The fourth-order valence-corrected chi connectivity index (χ4v) is 4.31. The molecule has 1 heterocycles. The highest BCUT2D eigenvalue weighted by molar-refractivity contribution is 9.10. The third-order valence-electron chi connectivity index (χ3n) is 5.57. The Labute approximate surface area is 168 Å². The lowest BCUT2D eigenvalue weighted by atomic mass is 10.0. The minimum atomic E-state index is 0.0216. The fourth-order valence-electron chi connectivity index (χ4n) is 3.89. The Hall–Kier alpha value is -2.14. The summed E-state index contributed by atoms with van der Waals surface area (Å²) < 4.78 is 1.03. The average Bonchev–Trinajstić information content (AvgIpc) is 3.20.